The van der Waals surface area contributed by atoms with Crippen molar-refractivity contribution in [2.45, 2.75) is 70.4 Å². The summed E-state index contributed by atoms with van der Waals surface area (Å²) < 4.78 is 0. The van der Waals surface area contributed by atoms with Crippen LogP contribution in [0.3, 0.4) is 0 Å². The van der Waals surface area contributed by atoms with E-state index < -0.39 is 89.6 Å². The lowest BCUT2D eigenvalue weighted by atomic mass is 9.85. The highest BCUT2D eigenvalue weighted by atomic mass is 32.2. The molecule has 0 spiro atoms. The fourth-order valence-corrected chi connectivity index (χ4v) is 7.64. The van der Waals surface area contributed by atoms with Gasteiger partial charge in [0.1, 0.15) is 30.2 Å². The molecule has 1 aromatic heterocycles. The number of fused-ring (bicyclic) bond motifs is 1. The Bertz CT molecular complexity index is 1680. The number of amides is 7. The molecule has 1 aromatic carbocycles. The number of carbonyl (C=O) groups excluding carboxylic acids is 7. The molecule has 18 heteroatoms. The zero-order chi connectivity index (χ0) is 38.3. The first kappa shape index (κ1) is 40.3. The molecular weight excluding hydrogens is 713 g/mol. The molecule has 0 bridgehead atoms. The summed E-state index contributed by atoms with van der Waals surface area (Å²) >= 11 is 2.52. The molecular formula is C34H46N8O8S2. The molecule has 0 saturated carbocycles. The number of nitrogens with two attached hydrogens (primary N) is 2. The topological polar surface area (TPSA) is 255 Å². The highest BCUT2D eigenvalue weighted by Gasteiger charge is 2.45. The molecule has 3 heterocycles. The van der Waals surface area contributed by atoms with Gasteiger partial charge < -0.3 is 48.1 Å². The number of nitrogens with one attached hydrogen (secondary N) is 5. The Labute approximate surface area is 309 Å². The van der Waals surface area contributed by atoms with Crippen molar-refractivity contribution in [3.05, 3.63) is 46.8 Å². The van der Waals surface area contributed by atoms with Gasteiger partial charge in [0.15, 0.2) is 0 Å². The van der Waals surface area contributed by atoms with Crippen molar-refractivity contribution in [3.8, 4) is 10.4 Å². The maximum absolute atomic E-state index is 14.1. The first-order valence-corrected chi connectivity index (χ1v) is 18.7. The second-order valence-electron chi connectivity index (χ2n) is 13.8. The summed E-state index contributed by atoms with van der Waals surface area (Å²) in [5, 5.41) is 25.4. The smallest absolute Gasteiger partial charge is 0.247 e. The minimum Gasteiger partial charge on any atom is -0.391 e. The number of thioether (sulfide) groups is 1. The lowest BCUT2D eigenvalue weighted by Crippen LogP contribution is -2.58. The highest BCUT2D eigenvalue weighted by molar-refractivity contribution is 8.00. The predicted octanol–water partition coefficient (Wildman–Crippen LogP) is -1.35. The van der Waals surface area contributed by atoms with Gasteiger partial charge in [0, 0.05) is 30.1 Å². The van der Waals surface area contributed by atoms with Crippen LogP contribution in [0.25, 0.3) is 10.4 Å². The van der Waals surface area contributed by atoms with Crippen LogP contribution in [0.15, 0.2) is 35.7 Å². The molecule has 52 heavy (non-hydrogen) atoms. The lowest BCUT2D eigenvalue weighted by molar-refractivity contribution is -0.144. The van der Waals surface area contributed by atoms with Gasteiger partial charge in [-0.3, -0.25) is 33.6 Å². The maximum atomic E-state index is 14.1. The molecule has 7 amide bonds. The number of benzene rings is 1. The van der Waals surface area contributed by atoms with Crippen molar-refractivity contribution in [2.24, 2.45) is 16.9 Å². The van der Waals surface area contributed by atoms with Crippen molar-refractivity contribution in [1.82, 2.24) is 31.5 Å². The molecule has 0 unspecified atom stereocenters. The standard InChI is InChI=1S/C34H46N8O8S2/c1-17-9-10-52-27(17)19-7-5-18(6-8-19)26-32(49)37-13-24(44)38-21(12-35)30(47)39-22(29(36)46)15-51-16-25(45)40-28(34(2,3)4)33(50)42-14-20(43)11-23(42)31(48)41-26/h5-10,20-23,26,28,43H,11-16,35H2,1-4H3,(H2,36,46)(H,37,49)(H,38,44)(H,39,47)(H,40,45)(H,41,48)/t20-,21-,22+,23+,26-,28-/m1/s1. The minimum absolute atomic E-state index is 0.111. The Hall–Kier alpha value is -4.52. The number of hydrogen-bond donors (Lipinski definition) is 8. The molecule has 2 aliphatic rings. The van der Waals surface area contributed by atoms with E-state index in [9.17, 15) is 38.7 Å². The number of primary amides is 1. The first-order chi connectivity index (χ1) is 24.5. The zero-order valence-electron chi connectivity index (χ0n) is 29.4. The van der Waals surface area contributed by atoms with Gasteiger partial charge in [0.05, 0.1) is 18.4 Å². The third kappa shape index (κ3) is 10.1. The van der Waals surface area contributed by atoms with E-state index in [0.29, 0.717) is 5.56 Å². The Morgan fingerprint density at radius 2 is 1.63 bits per heavy atom. The largest absolute Gasteiger partial charge is 0.391 e. The van der Waals surface area contributed by atoms with Crippen LogP contribution in [0, 0.1) is 12.3 Å². The van der Waals surface area contributed by atoms with Gasteiger partial charge in [0.25, 0.3) is 0 Å². The van der Waals surface area contributed by atoms with Crippen LogP contribution >= 0.6 is 23.1 Å². The number of aliphatic hydroxyl groups excluding tert-OH is 1. The summed E-state index contributed by atoms with van der Waals surface area (Å²) in [5.41, 5.74) is 12.7. The molecule has 2 saturated heterocycles. The number of thiophene rings is 1. The molecule has 282 valence electrons. The summed E-state index contributed by atoms with van der Waals surface area (Å²) in [7, 11) is 0. The van der Waals surface area contributed by atoms with E-state index in [1.807, 2.05) is 18.4 Å². The Morgan fingerprint density at radius 3 is 2.23 bits per heavy atom. The summed E-state index contributed by atoms with van der Waals surface area (Å²) in [5.74, 6) is -5.50. The van der Waals surface area contributed by atoms with Crippen LogP contribution in [0.2, 0.25) is 0 Å². The predicted molar refractivity (Wildman–Crippen MR) is 195 cm³/mol. The van der Waals surface area contributed by atoms with Crippen LogP contribution in [0.1, 0.15) is 44.4 Å². The molecule has 4 rings (SSSR count). The summed E-state index contributed by atoms with van der Waals surface area (Å²) in [4.78, 5) is 95.1. The second-order valence-corrected chi connectivity index (χ2v) is 15.8. The van der Waals surface area contributed by atoms with Crippen LogP contribution in [0.4, 0.5) is 0 Å². The van der Waals surface area contributed by atoms with Crippen molar-refractivity contribution in [3.63, 3.8) is 0 Å². The van der Waals surface area contributed by atoms with Crippen molar-refractivity contribution in [2.75, 3.05) is 31.1 Å². The van der Waals surface area contributed by atoms with E-state index in [0.717, 1.165) is 27.8 Å². The van der Waals surface area contributed by atoms with Crippen molar-refractivity contribution >= 4 is 64.4 Å². The van der Waals surface area contributed by atoms with E-state index in [2.05, 4.69) is 26.6 Å². The van der Waals surface area contributed by atoms with E-state index in [4.69, 9.17) is 11.5 Å². The normalized spacial score (nSPS) is 26.2. The van der Waals surface area contributed by atoms with Crippen LogP contribution in [-0.4, -0.2) is 113 Å². The fourth-order valence-electron chi connectivity index (χ4n) is 5.84. The van der Waals surface area contributed by atoms with Crippen molar-refractivity contribution in [1.29, 1.82) is 0 Å². The Morgan fingerprint density at radius 1 is 0.942 bits per heavy atom. The van der Waals surface area contributed by atoms with E-state index in [1.165, 1.54) is 4.90 Å². The summed E-state index contributed by atoms with van der Waals surface area (Å²) in [6.07, 6.45) is -1.18. The van der Waals surface area contributed by atoms with Crippen LogP contribution in [0.5, 0.6) is 0 Å². The molecule has 2 aromatic rings. The number of nitrogens with zero attached hydrogens (tertiary/aromatic N) is 1. The molecule has 0 aliphatic carbocycles. The highest BCUT2D eigenvalue weighted by Crippen LogP contribution is 2.31. The lowest BCUT2D eigenvalue weighted by Gasteiger charge is -2.35. The van der Waals surface area contributed by atoms with Gasteiger partial charge in [-0.15, -0.1) is 23.1 Å². The van der Waals surface area contributed by atoms with Gasteiger partial charge in [0.2, 0.25) is 41.4 Å². The average Bonchev–Trinajstić information content (AvgIpc) is 3.70. The molecule has 10 N–H and O–H groups in total. The maximum Gasteiger partial charge on any atom is 0.247 e. The number of aryl methyl sites for hydroxylation is 1. The number of aliphatic hydroxyl groups is 1. The quantitative estimate of drug-likeness (QED) is 0.182. The minimum atomic E-state index is -1.34. The molecule has 0 radical (unpaired) electrons. The third-order valence-corrected chi connectivity index (χ3v) is 10.8. The van der Waals surface area contributed by atoms with Gasteiger partial charge >= 0.3 is 0 Å². The zero-order valence-corrected chi connectivity index (χ0v) is 31.0. The first-order valence-electron chi connectivity index (χ1n) is 16.7. The second kappa shape index (κ2) is 17.3. The molecule has 6 atom stereocenters. The number of carbonyl (C=O) groups is 7. The third-order valence-electron chi connectivity index (χ3n) is 8.69. The van der Waals surface area contributed by atoms with Gasteiger partial charge in [-0.05, 0) is 40.5 Å². The monoisotopic (exact) mass is 758 g/mol. The van der Waals surface area contributed by atoms with Gasteiger partial charge in [-0.1, -0.05) is 45.0 Å². The van der Waals surface area contributed by atoms with Crippen molar-refractivity contribution < 1.29 is 38.7 Å². The Kier molecular flexibility index (Phi) is 13.4. The number of hydrogen-bond acceptors (Lipinski definition) is 11. The van der Waals surface area contributed by atoms with E-state index in [-0.39, 0.29) is 31.0 Å². The molecule has 2 fully saturated rings. The fraction of sp³-hybridized carbons (Fsp3) is 0.500. The van der Waals surface area contributed by atoms with E-state index >= 15 is 0 Å². The Balaban J connectivity index is 1.69. The van der Waals surface area contributed by atoms with Gasteiger partial charge in [-0.2, -0.15) is 0 Å². The summed E-state index contributed by atoms with van der Waals surface area (Å²) in [6.45, 7) is 6.02. The van der Waals surface area contributed by atoms with Crippen LogP contribution in [-0.2, 0) is 33.6 Å². The average molecular weight is 759 g/mol. The number of rotatable bonds is 4. The van der Waals surface area contributed by atoms with E-state index in [1.54, 1.807) is 56.4 Å². The summed E-state index contributed by atoms with van der Waals surface area (Å²) in [6, 6.07) is 2.72. The van der Waals surface area contributed by atoms with Crippen LogP contribution < -0.4 is 38.1 Å². The van der Waals surface area contributed by atoms with Gasteiger partial charge in [-0.25, -0.2) is 0 Å². The SMILES string of the molecule is Cc1ccsc1-c1ccc([C@H]2NC(=O)[C@@H]3C[C@@H](O)CN3C(=O)[C@H](C(C)(C)C)NC(=O)CSC[C@@H](C(N)=O)NC(=O)[C@@H](CN)NC(=O)CNC2=O)cc1. The molecule has 2 aliphatic heterocycles. The molecule has 16 nitrogen and oxygen atoms in total.